The Labute approximate surface area is 255 Å². The smallest absolute Gasteiger partial charge is 0.222 e. The first-order valence-electron chi connectivity index (χ1n) is 17.3. The zero-order valence-electron chi connectivity index (χ0n) is 28.4. The van der Waals surface area contributed by atoms with E-state index in [4.69, 9.17) is 9.47 Å². The van der Waals surface area contributed by atoms with Gasteiger partial charge in [-0.1, -0.05) is 129 Å². The Morgan fingerprint density at radius 3 is 1.00 bits per heavy atom. The summed E-state index contributed by atoms with van der Waals surface area (Å²) in [5.41, 5.74) is -0.639. The topological polar surface area (TPSA) is 59.1 Å². The second-order valence-corrected chi connectivity index (χ2v) is 12.9. The van der Waals surface area contributed by atoms with Gasteiger partial charge in [-0.3, -0.25) is 9.59 Å². The first-order valence-corrected chi connectivity index (χ1v) is 17.3. The van der Waals surface area contributed by atoms with Crippen LogP contribution in [0.25, 0.3) is 0 Å². The van der Waals surface area contributed by atoms with Crippen LogP contribution in [-0.4, -0.2) is 76.2 Å². The summed E-state index contributed by atoms with van der Waals surface area (Å²) in [6.45, 7) is 6.62. The van der Waals surface area contributed by atoms with Crippen LogP contribution < -0.4 is 0 Å². The predicted molar refractivity (Wildman–Crippen MR) is 174 cm³/mol. The molecule has 0 radical (unpaired) electrons. The molecule has 0 N–H and O–H groups in total. The van der Waals surface area contributed by atoms with Gasteiger partial charge in [0.25, 0.3) is 0 Å². The summed E-state index contributed by atoms with van der Waals surface area (Å²) in [5, 5.41) is 0. The number of rotatable bonds is 30. The Balaban J connectivity index is 4.61. The SMILES string of the molecule is CCCCCCCCCCCCOCC(COCCCCCCCCCCCC)(CC(=O)N(C)C)CC(=O)N(C)C. The van der Waals surface area contributed by atoms with E-state index in [0.29, 0.717) is 26.4 Å². The van der Waals surface area contributed by atoms with E-state index < -0.39 is 5.41 Å². The second kappa shape index (κ2) is 27.7. The van der Waals surface area contributed by atoms with E-state index in [0.717, 1.165) is 12.8 Å². The lowest BCUT2D eigenvalue weighted by atomic mass is 9.81. The van der Waals surface area contributed by atoms with Crippen molar-refractivity contribution in [2.24, 2.45) is 5.41 Å². The summed E-state index contributed by atoms with van der Waals surface area (Å²) in [6, 6.07) is 0. The third kappa shape index (κ3) is 24.0. The fraction of sp³-hybridized carbons (Fsp3) is 0.943. The lowest BCUT2D eigenvalue weighted by Gasteiger charge is -2.34. The number of ether oxygens (including phenoxy) is 2. The minimum absolute atomic E-state index is 0.0154. The van der Waals surface area contributed by atoms with Gasteiger partial charge in [-0.05, 0) is 12.8 Å². The van der Waals surface area contributed by atoms with Gasteiger partial charge in [0.15, 0.2) is 0 Å². The van der Waals surface area contributed by atoms with Crippen molar-refractivity contribution in [1.29, 1.82) is 0 Å². The molecule has 0 spiro atoms. The van der Waals surface area contributed by atoms with Crippen LogP contribution in [0.1, 0.15) is 155 Å². The number of hydrogen-bond acceptors (Lipinski definition) is 4. The summed E-state index contributed by atoms with van der Waals surface area (Å²) in [7, 11) is 7.10. The minimum Gasteiger partial charge on any atom is -0.381 e. The van der Waals surface area contributed by atoms with Gasteiger partial charge < -0.3 is 19.3 Å². The van der Waals surface area contributed by atoms with Crippen molar-refractivity contribution in [3.63, 3.8) is 0 Å². The average molecular weight is 583 g/mol. The number of unbranched alkanes of at least 4 members (excludes halogenated alkanes) is 18. The molecule has 0 fully saturated rings. The molecule has 0 bridgehead atoms. The summed E-state index contributed by atoms with van der Waals surface area (Å²) >= 11 is 0. The Morgan fingerprint density at radius 1 is 0.463 bits per heavy atom. The maximum atomic E-state index is 12.8. The minimum atomic E-state index is -0.639. The molecular weight excluding hydrogens is 512 g/mol. The normalized spacial score (nSPS) is 11.7. The van der Waals surface area contributed by atoms with E-state index >= 15 is 0 Å². The molecule has 41 heavy (non-hydrogen) atoms. The van der Waals surface area contributed by atoms with Crippen LogP contribution in [0, 0.1) is 5.41 Å². The lowest BCUT2D eigenvalue weighted by molar-refractivity contribution is -0.140. The lowest BCUT2D eigenvalue weighted by Crippen LogP contribution is -2.42. The third-order valence-corrected chi connectivity index (χ3v) is 8.15. The van der Waals surface area contributed by atoms with Crippen LogP contribution in [0.15, 0.2) is 0 Å². The summed E-state index contributed by atoms with van der Waals surface area (Å²) in [4.78, 5) is 28.9. The molecule has 0 aliphatic heterocycles. The Morgan fingerprint density at radius 2 is 0.732 bits per heavy atom. The summed E-state index contributed by atoms with van der Waals surface area (Å²) in [5.74, 6) is 0.0308. The summed E-state index contributed by atoms with van der Waals surface area (Å²) < 4.78 is 12.3. The molecule has 6 heteroatoms. The zero-order valence-corrected chi connectivity index (χ0v) is 28.4. The molecule has 0 aromatic carbocycles. The van der Waals surface area contributed by atoms with Gasteiger partial charge in [0.1, 0.15) is 0 Å². The second-order valence-electron chi connectivity index (χ2n) is 12.9. The molecule has 244 valence electrons. The Hall–Kier alpha value is -1.14. The number of nitrogens with zero attached hydrogens (tertiary/aromatic N) is 2. The molecule has 0 atom stereocenters. The molecule has 2 amide bonds. The maximum absolute atomic E-state index is 12.8. The molecule has 6 nitrogen and oxygen atoms in total. The van der Waals surface area contributed by atoms with Gasteiger partial charge in [0.05, 0.1) is 13.2 Å². The van der Waals surface area contributed by atoms with Crippen molar-refractivity contribution < 1.29 is 19.1 Å². The van der Waals surface area contributed by atoms with E-state index in [1.807, 2.05) is 0 Å². The monoisotopic (exact) mass is 583 g/mol. The molecule has 0 aliphatic rings. The van der Waals surface area contributed by atoms with Crippen LogP contribution >= 0.6 is 0 Å². The highest BCUT2D eigenvalue weighted by molar-refractivity contribution is 5.80. The fourth-order valence-corrected chi connectivity index (χ4v) is 5.23. The van der Waals surface area contributed by atoms with Gasteiger partial charge >= 0.3 is 0 Å². The maximum Gasteiger partial charge on any atom is 0.222 e. The Bertz CT molecular complexity index is 557. The predicted octanol–water partition coefficient (Wildman–Crippen LogP) is 8.80. The van der Waals surface area contributed by atoms with Crippen molar-refractivity contribution in [2.45, 2.75) is 155 Å². The standard InChI is InChI=1S/C35H70N2O4/c1-7-9-11-13-15-17-19-21-23-25-27-40-31-35(29-33(38)36(3)4,30-34(39)37(5)6)32-41-28-26-24-22-20-18-16-14-12-10-8-2/h7-32H2,1-6H3. The van der Waals surface area contributed by atoms with Crippen LogP contribution in [0.2, 0.25) is 0 Å². The number of hydrogen-bond donors (Lipinski definition) is 0. The number of carbonyl (C=O) groups is 2. The van der Waals surface area contributed by atoms with Gasteiger partial charge in [-0.25, -0.2) is 0 Å². The average Bonchev–Trinajstić information content (AvgIpc) is 2.94. The van der Waals surface area contributed by atoms with Crippen LogP contribution in [-0.2, 0) is 19.1 Å². The highest BCUT2D eigenvalue weighted by Crippen LogP contribution is 2.30. The molecular formula is C35H70N2O4. The molecule has 0 aromatic heterocycles. The van der Waals surface area contributed by atoms with Gasteiger partial charge in [0, 0.05) is 59.7 Å². The van der Waals surface area contributed by atoms with Crippen LogP contribution in [0.3, 0.4) is 0 Å². The molecule has 0 rings (SSSR count). The summed E-state index contributed by atoms with van der Waals surface area (Å²) in [6.07, 6.45) is 26.2. The van der Waals surface area contributed by atoms with E-state index in [9.17, 15) is 9.59 Å². The zero-order chi connectivity index (χ0) is 30.6. The van der Waals surface area contributed by atoms with Crippen molar-refractivity contribution in [3.05, 3.63) is 0 Å². The molecule has 0 saturated carbocycles. The van der Waals surface area contributed by atoms with Crippen molar-refractivity contribution >= 4 is 11.8 Å². The fourth-order valence-electron chi connectivity index (χ4n) is 5.23. The highest BCUT2D eigenvalue weighted by Gasteiger charge is 2.37. The van der Waals surface area contributed by atoms with Gasteiger partial charge in [-0.15, -0.1) is 0 Å². The van der Waals surface area contributed by atoms with Crippen molar-refractivity contribution in [1.82, 2.24) is 9.80 Å². The van der Waals surface area contributed by atoms with E-state index in [1.54, 1.807) is 38.0 Å². The third-order valence-electron chi connectivity index (χ3n) is 8.15. The molecule has 0 unspecified atom stereocenters. The van der Waals surface area contributed by atoms with Crippen LogP contribution in [0.5, 0.6) is 0 Å². The highest BCUT2D eigenvalue weighted by atomic mass is 16.5. The molecule has 0 aliphatic carbocycles. The van der Waals surface area contributed by atoms with Crippen molar-refractivity contribution in [3.8, 4) is 0 Å². The number of amides is 2. The largest absolute Gasteiger partial charge is 0.381 e. The van der Waals surface area contributed by atoms with E-state index in [1.165, 1.54) is 116 Å². The van der Waals surface area contributed by atoms with E-state index in [-0.39, 0.29) is 24.7 Å². The quantitative estimate of drug-likeness (QED) is 0.0794. The first kappa shape index (κ1) is 39.9. The number of carbonyl (C=O) groups excluding carboxylic acids is 2. The van der Waals surface area contributed by atoms with E-state index in [2.05, 4.69) is 13.8 Å². The van der Waals surface area contributed by atoms with Crippen LogP contribution in [0.4, 0.5) is 0 Å². The molecule has 0 saturated heterocycles. The van der Waals surface area contributed by atoms with Gasteiger partial charge in [0.2, 0.25) is 11.8 Å². The molecule has 0 heterocycles. The first-order chi connectivity index (χ1) is 19.8. The Kier molecular flexibility index (Phi) is 26.9. The van der Waals surface area contributed by atoms with Gasteiger partial charge in [-0.2, -0.15) is 0 Å². The van der Waals surface area contributed by atoms with Crippen molar-refractivity contribution in [2.75, 3.05) is 54.6 Å². The molecule has 0 aromatic rings.